The molecule has 0 amide bonds. The molecule has 0 saturated heterocycles. The Morgan fingerprint density at radius 2 is 1.57 bits per heavy atom. The van der Waals surface area contributed by atoms with Gasteiger partial charge in [0.2, 0.25) is 0 Å². The standard InChI is InChI=1S/C16H15F4N/c1-2-5-21-9-10-3-4-13(18)12(6-10)16-14(19)7-11(17)8-15(16)20/h3-4,6-8,21H,2,5,9H2,1H3. The number of nitrogens with one attached hydrogen (secondary N) is 1. The van der Waals surface area contributed by atoms with E-state index in [1.165, 1.54) is 6.07 Å². The van der Waals surface area contributed by atoms with Crippen LogP contribution in [0.25, 0.3) is 11.1 Å². The molecule has 0 heterocycles. The van der Waals surface area contributed by atoms with Gasteiger partial charge in [0, 0.05) is 24.2 Å². The molecule has 0 atom stereocenters. The van der Waals surface area contributed by atoms with E-state index in [9.17, 15) is 17.6 Å². The van der Waals surface area contributed by atoms with Crippen molar-refractivity contribution >= 4 is 0 Å². The van der Waals surface area contributed by atoms with Gasteiger partial charge in [-0.25, -0.2) is 17.6 Å². The minimum atomic E-state index is -1.12. The van der Waals surface area contributed by atoms with E-state index in [0.29, 0.717) is 24.2 Å². The van der Waals surface area contributed by atoms with E-state index < -0.39 is 28.8 Å². The highest BCUT2D eigenvalue weighted by atomic mass is 19.1. The highest BCUT2D eigenvalue weighted by Crippen LogP contribution is 2.30. The molecular formula is C16H15F4N. The molecule has 112 valence electrons. The largest absolute Gasteiger partial charge is 0.313 e. The van der Waals surface area contributed by atoms with Crippen molar-refractivity contribution in [3.63, 3.8) is 0 Å². The summed E-state index contributed by atoms with van der Waals surface area (Å²) >= 11 is 0. The molecule has 2 rings (SSSR count). The van der Waals surface area contributed by atoms with Crippen molar-refractivity contribution < 1.29 is 17.6 Å². The van der Waals surface area contributed by atoms with Gasteiger partial charge in [-0.15, -0.1) is 0 Å². The van der Waals surface area contributed by atoms with Crippen LogP contribution in [0.5, 0.6) is 0 Å². The first-order chi connectivity index (χ1) is 10.0. The summed E-state index contributed by atoms with van der Waals surface area (Å²) < 4.78 is 54.3. The van der Waals surface area contributed by atoms with E-state index in [1.807, 2.05) is 6.92 Å². The Balaban J connectivity index is 2.41. The topological polar surface area (TPSA) is 12.0 Å². The van der Waals surface area contributed by atoms with E-state index in [2.05, 4.69) is 5.32 Å². The monoisotopic (exact) mass is 297 g/mol. The van der Waals surface area contributed by atoms with Crippen molar-refractivity contribution in [2.75, 3.05) is 6.54 Å². The average Bonchev–Trinajstić information content (AvgIpc) is 2.41. The van der Waals surface area contributed by atoms with Crippen molar-refractivity contribution in [2.45, 2.75) is 19.9 Å². The van der Waals surface area contributed by atoms with Crippen LogP contribution < -0.4 is 5.32 Å². The van der Waals surface area contributed by atoms with Crippen LogP contribution in [0.3, 0.4) is 0 Å². The van der Waals surface area contributed by atoms with Crippen LogP contribution in [-0.2, 0) is 6.54 Å². The van der Waals surface area contributed by atoms with Crippen LogP contribution in [0, 0.1) is 23.3 Å². The van der Waals surface area contributed by atoms with Gasteiger partial charge in [0.05, 0.1) is 5.56 Å². The van der Waals surface area contributed by atoms with Crippen LogP contribution in [0.2, 0.25) is 0 Å². The van der Waals surface area contributed by atoms with Crippen molar-refractivity contribution in [3.8, 4) is 11.1 Å². The molecule has 0 aliphatic heterocycles. The normalized spacial score (nSPS) is 10.9. The summed E-state index contributed by atoms with van der Waals surface area (Å²) in [6.07, 6.45) is 0.940. The van der Waals surface area contributed by atoms with Crippen LogP contribution in [0.1, 0.15) is 18.9 Å². The summed E-state index contributed by atoms with van der Waals surface area (Å²) in [5.41, 5.74) is -0.0602. The zero-order chi connectivity index (χ0) is 15.4. The van der Waals surface area contributed by atoms with Gasteiger partial charge in [-0.3, -0.25) is 0 Å². The van der Waals surface area contributed by atoms with Crippen molar-refractivity contribution in [1.82, 2.24) is 5.32 Å². The number of benzene rings is 2. The lowest BCUT2D eigenvalue weighted by atomic mass is 10.0. The van der Waals surface area contributed by atoms with Crippen molar-refractivity contribution in [3.05, 3.63) is 59.2 Å². The van der Waals surface area contributed by atoms with E-state index in [0.717, 1.165) is 19.0 Å². The molecule has 5 heteroatoms. The predicted molar refractivity (Wildman–Crippen MR) is 73.7 cm³/mol. The third-order valence-corrected chi connectivity index (χ3v) is 3.06. The maximum Gasteiger partial charge on any atom is 0.136 e. The maximum atomic E-state index is 13.9. The van der Waals surface area contributed by atoms with Crippen LogP contribution in [-0.4, -0.2) is 6.54 Å². The van der Waals surface area contributed by atoms with Crippen LogP contribution >= 0.6 is 0 Å². The van der Waals surface area contributed by atoms with E-state index in [1.54, 1.807) is 6.07 Å². The quantitative estimate of drug-likeness (QED) is 0.637. The molecule has 0 aromatic heterocycles. The summed E-state index contributed by atoms with van der Waals surface area (Å²) in [5, 5.41) is 3.12. The minimum Gasteiger partial charge on any atom is -0.313 e. The van der Waals surface area contributed by atoms with Crippen molar-refractivity contribution in [1.29, 1.82) is 0 Å². The van der Waals surface area contributed by atoms with Crippen LogP contribution in [0.15, 0.2) is 30.3 Å². The summed E-state index contributed by atoms with van der Waals surface area (Å²) in [5.74, 6) is -4.02. The molecule has 21 heavy (non-hydrogen) atoms. The second kappa shape index (κ2) is 6.72. The maximum absolute atomic E-state index is 13.9. The molecule has 0 fully saturated rings. The Bertz CT molecular complexity index is 617. The predicted octanol–water partition coefficient (Wildman–Crippen LogP) is 4.41. The van der Waals surface area contributed by atoms with Gasteiger partial charge in [0.15, 0.2) is 0 Å². The third-order valence-electron chi connectivity index (χ3n) is 3.06. The number of halogens is 4. The number of hydrogen-bond donors (Lipinski definition) is 1. The second-order valence-corrected chi connectivity index (χ2v) is 4.74. The Morgan fingerprint density at radius 3 is 2.19 bits per heavy atom. The van der Waals surface area contributed by atoms with Gasteiger partial charge in [-0.05, 0) is 30.7 Å². The molecule has 2 aromatic rings. The first kappa shape index (κ1) is 15.5. The fraction of sp³-hybridized carbons (Fsp3) is 0.250. The van der Waals surface area contributed by atoms with Gasteiger partial charge in [-0.2, -0.15) is 0 Å². The lowest BCUT2D eigenvalue weighted by Gasteiger charge is -2.10. The second-order valence-electron chi connectivity index (χ2n) is 4.74. The first-order valence-corrected chi connectivity index (χ1v) is 6.67. The molecule has 0 radical (unpaired) electrons. The Hall–Kier alpha value is -1.88. The highest BCUT2D eigenvalue weighted by Gasteiger charge is 2.17. The molecule has 2 aromatic carbocycles. The lowest BCUT2D eigenvalue weighted by molar-refractivity contribution is 0.545. The van der Waals surface area contributed by atoms with Gasteiger partial charge in [0.1, 0.15) is 23.3 Å². The van der Waals surface area contributed by atoms with Gasteiger partial charge < -0.3 is 5.32 Å². The minimum absolute atomic E-state index is 0.208. The molecule has 0 aliphatic carbocycles. The number of hydrogen-bond acceptors (Lipinski definition) is 1. The summed E-state index contributed by atoms with van der Waals surface area (Å²) in [6.45, 7) is 3.25. The van der Waals surface area contributed by atoms with Crippen molar-refractivity contribution in [2.24, 2.45) is 0 Å². The fourth-order valence-corrected chi connectivity index (χ4v) is 2.08. The van der Waals surface area contributed by atoms with Crippen LogP contribution in [0.4, 0.5) is 17.6 Å². The number of rotatable bonds is 5. The third kappa shape index (κ3) is 3.61. The first-order valence-electron chi connectivity index (χ1n) is 6.67. The molecule has 0 spiro atoms. The Morgan fingerprint density at radius 1 is 0.905 bits per heavy atom. The molecule has 0 bridgehead atoms. The fourth-order valence-electron chi connectivity index (χ4n) is 2.08. The Kier molecular flexibility index (Phi) is 4.96. The summed E-state index contributed by atoms with van der Waals surface area (Å²) in [6, 6.07) is 5.15. The van der Waals surface area contributed by atoms with E-state index in [-0.39, 0.29) is 5.56 Å². The van der Waals surface area contributed by atoms with E-state index in [4.69, 9.17) is 0 Å². The average molecular weight is 297 g/mol. The van der Waals surface area contributed by atoms with E-state index >= 15 is 0 Å². The molecule has 1 nitrogen and oxygen atoms in total. The summed E-state index contributed by atoms with van der Waals surface area (Å²) in [7, 11) is 0. The smallest absolute Gasteiger partial charge is 0.136 e. The summed E-state index contributed by atoms with van der Waals surface area (Å²) in [4.78, 5) is 0. The molecule has 0 aliphatic rings. The lowest BCUT2D eigenvalue weighted by Crippen LogP contribution is -2.13. The molecule has 0 saturated carbocycles. The highest BCUT2D eigenvalue weighted by molar-refractivity contribution is 5.66. The zero-order valence-electron chi connectivity index (χ0n) is 11.5. The SMILES string of the molecule is CCCNCc1ccc(F)c(-c2c(F)cc(F)cc2F)c1. The van der Waals surface area contributed by atoms with Gasteiger partial charge in [0.25, 0.3) is 0 Å². The van der Waals surface area contributed by atoms with Gasteiger partial charge >= 0.3 is 0 Å². The zero-order valence-corrected chi connectivity index (χ0v) is 11.5. The van der Waals surface area contributed by atoms with Gasteiger partial charge in [-0.1, -0.05) is 13.0 Å². The molecular weight excluding hydrogens is 282 g/mol. The Labute approximate surface area is 120 Å². The molecule has 0 unspecified atom stereocenters. The molecule has 1 N–H and O–H groups in total.